The summed E-state index contributed by atoms with van der Waals surface area (Å²) in [7, 11) is 1.63. The number of carboxylic acids is 1. The molecule has 0 aromatic heterocycles. The molecule has 0 heterocycles. The molecule has 0 spiro atoms. The number of likely N-dealkylation sites (N-methyl/N-ethyl adjacent to an activating group) is 1. The number of hydrogen-bond acceptors (Lipinski definition) is 3. The van der Waals surface area contributed by atoms with Gasteiger partial charge in [-0.25, -0.2) is 4.79 Å². The molecular weight excluding hydrogens is 236 g/mol. The first kappa shape index (κ1) is 16.7. The van der Waals surface area contributed by atoms with E-state index in [2.05, 4.69) is 0 Å². The van der Waals surface area contributed by atoms with E-state index in [4.69, 9.17) is 10.2 Å². The van der Waals surface area contributed by atoms with Crippen molar-refractivity contribution in [3.63, 3.8) is 0 Å². The van der Waals surface area contributed by atoms with E-state index in [-0.39, 0.29) is 31.1 Å². The van der Waals surface area contributed by atoms with Gasteiger partial charge in [0.2, 0.25) is 0 Å². The molecule has 18 heavy (non-hydrogen) atoms. The van der Waals surface area contributed by atoms with Crippen molar-refractivity contribution in [1.29, 1.82) is 0 Å². The Morgan fingerprint density at radius 1 is 1.22 bits per heavy atom. The molecule has 0 aromatic rings. The molecule has 0 saturated carbocycles. The number of hydrogen-bond donors (Lipinski definition) is 2. The highest BCUT2D eigenvalue weighted by Crippen LogP contribution is 2.08. The first-order valence-corrected chi connectivity index (χ1v) is 6.17. The molecule has 0 aliphatic rings. The third-order valence-electron chi connectivity index (χ3n) is 2.89. The van der Waals surface area contributed by atoms with Crippen molar-refractivity contribution in [3.8, 4) is 0 Å². The van der Waals surface area contributed by atoms with Crippen LogP contribution in [-0.2, 0) is 4.79 Å². The van der Waals surface area contributed by atoms with Crippen LogP contribution < -0.4 is 0 Å². The molecule has 0 rings (SSSR count). The standard InChI is InChI=1S/C12H24N2O4/c1-9(2)14(7-5-6-11(16)17)12(18)13(4)10(3)8-15/h9-10,15H,5-8H2,1-4H3,(H,16,17). The fourth-order valence-electron chi connectivity index (χ4n) is 1.49. The topological polar surface area (TPSA) is 81.1 Å². The Morgan fingerprint density at radius 2 is 1.78 bits per heavy atom. The minimum atomic E-state index is -0.858. The second-order valence-corrected chi connectivity index (χ2v) is 4.71. The van der Waals surface area contributed by atoms with Crippen LogP contribution in [0.25, 0.3) is 0 Å². The summed E-state index contributed by atoms with van der Waals surface area (Å²) >= 11 is 0. The summed E-state index contributed by atoms with van der Waals surface area (Å²) in [5.74, 6) is -0.858. The summed E-state index contributed by atoms with van der Waals surface area (Å²) in [6, 6.07) is -0.435. The van der Waals surface area contributed by atoms with Crippen molar-refractivity contribution in [2.75, 3.05) is 20.2 Å². The van der Waals surface area contributed by atoms with Crippen LogP contribution in [0.3, 0.4) is 0 Å². The van der Waals surface area contributed by atoms with E-state index in [1.54, 1.807) is 18.9 Å². The summed E-state index contributed by atoms with van der Waals surface area (Å²) in [5.41, 5.74) is 0. The largest absolute Gasteiger partial charge is 0.481 e. The molecule has 106 valence electrons. The Morgan fingerprint density at radius 3 is 2.17 bits per heavy atom. The van der Waals surface area contributed by atoms with Gasteiger partial charge in [-0.05, 0) is 27.2 Å². The molecule has 2 N–H and O–H groups in total. The number of carbonyl (C=O) groups excluding carboxylic acids is 1. The molecule has 0 aliphatic carbocycles. The Kier molecular flexibility index (Phi) is 7.35. The molecule has 6 nitrogen and oxygen atoms in total. The van der Waals surface area contributed by atoms with Crippen LogP contribution in [0, 0.1) is 0 Å². The van der Waals surface area contributed by atoms with Crippen molar-refractivity contribution < 1.29 is 19.8 Å². The van der Waals surface area contributed by atoms with E-state index in [0.29, 0.717) is 13.0 Å². The predicted octanol–water partition coefficient (Wildman–Crippen LogP) is 0.994. The number of aliphatic hydroxyl groups is 1. The maximum atomic E-state index is 12.2. The van der Waals surface area contributed by atoms with Crippen LogP contribution in [0.15, 0.2) is 0 Å². The normalized spacial score (nSPS) is 12.3. The number of carbonyl (C=O) groups is 2. The molecule has 2 amide bonds. The van der Waals surface area contributed by atoms with Crippen LogP contribution in [0.4, 0.5) is 4.79 Å². The molecule has 0 bridgehead atoms. The number of rotatable bonds is 7. The lowest BCUT2D eigenvalue weighted by Crippen LogP contribution is -2.49. The Bertz CT molecular complexity index is 281. The van der Waals surface area contributed by atoms with Gasteiger partial charge in [-0.15, -0.1) is 0 Å². The molecule has 0 radical (unpaired) electrons. The van der Waals surface area contributed by atoms with Gasteiger partial charge in [0.25, 0.3) is 0 Å². The van der Waals surface area contributed by atoms with Crippen molar-refractivity contribution >= 4 is 12.0 Å². The number of nitrogens with zero attached hydrogens (tertiary/aromatic N) is 2. The third kappa shape index (κ3) is 5.35. The van der Waals surface area contributed by atoms with Gasteiger partial charge in [0, 0.05) is 26.1 Å². The van der Waals surface area contributed by atoms with Crippen molar-refractivity contribution in [1.82, 2.24) is 9.80 Å². The fraction of sp³-hybridized carbons (Fsp3) is 0.833. The van der Waals surface area contributed by atoms with Crippen LogP contribution >= 0.6 is 0 Å². The van der Waals surface area contributed by atoms with Crippen LogP contribution in [0.5, 0.6) is 0 Å². The highest BCUT2D eigenvalue weighted by atomic mass is 16.4. The summed E-state index contributed by atoms with van der Waals surface area (Å²) in [6.07, 6.45) is 0.483. The number of carboxylic acid groups (broad SMARTS) is 1. The van der Waals surface area contributed by atoms with Crippen molar-refractivity contribution in [2.24, 2.45) is 0 Å². The summed E-state index contributed by atoms with van der Waals surface area (Å²) in [5, 5.41) is 17.6. The van der Waals surface area contributed by atoms with Crippen LogP contribution in [0.1, 0.15) is 33.6 Å². The lowest BCUT2D eigenvalue weighted by molar-refractivity contribution is -0.137. The average molecular weight is 260 g/mol. The van der Waals surface area contributed by atoms with Gasteiger partial charge in [-0.2, -0.15) is 0 Å². The Balaban J connectivity index is 4.49. The second kappa shape index (κ2) is 7.92. The zero-order chi connectivity index (χ0) is 14.3. The Hall–Kier alpha value is -1.30. The van der Waals surface area contributed by atoms with Gasteiger partial charge < -0.3 is 20.0 Å². The molecule has 0 saturated heterocycles. The van der Waals surface area contributed by atoms with Gasteiger partial charge in [0.05, 0.1) is 12.6 Å². The lowest BCUT2D eigenvalue weighted by atomic mass is 10.2. The van der Waals surface area contributed by atoms with E-state index in [1.807, 2.05) is 13.8 Å². The van der Waals surface area contributed by atoms with E-state index < -0.39 is 5.97 Å². The number of urea groups is 1. The number of aliphatic hydroxyl groups excluding tert-OH is 1. The smallest absolute Gasteiger partial charge is 0.320 e. The van der Waals surface area contributed by atoms with E-state index in [9.17, 15) is 9.59 Å². The average Bonchev–Trinajstić information content (AvgIpc) is 2.31. The molecule has 0 aliphatic heterocycles. The highest BCUT2D eigenvalue weighted by Gasteiger charge is 2.23. The number of aliphatic carboxylic acids is 1. The first-order valence-electron chi connectivity index (χ1n) is 6.17. The first-order chi connectivity index (χ1) is 8.31. The monoisotopic (exact) mass is 260 g/mol. The van der Waals surface area contributed by atoms with Gasteiger partial charge in [0.1, 0.15) is 0 Å². The van der Waals surface area contributed by atoms with E-state index >= 15 is 0 Å². The zero-order valence-corrected chi connectivity index (χ0v) is 11.6. The number of amides is 2. The molecule has 1 unspecified atom stereocenters. The van der Waals surface area contributed by atoms with Gasteiger partial charge in [-0.3, -0.25) is 4.79 Å². The fourth-order valence-corrected chi connectivity index (χ4v) is 1.49. The van der Waals surface area contributed by atoms with Gasteiger partial charge in [0.15, 0.2) is 0 Å². The van der Waals surface area contributed by atoms with E-state index in [0.717, 1.165) is 0 Å². The predicted molar refractivity (Wildman–Crippen MR) is 68.4 cm³/mol. The quantitative estimate of drug-likeness (QED) is 0.715. The van der Waals surface area contributed by atoms with Gasteiger partial charge >= 0.3 is 12.0 Å². The zero-order valence-electron chi connectivity index (χ0n) is 11.6. The minimum Gasteiger partial charge on any atom is -0.481 e. The summed E-state index contributed by atoms with van der Waals surface area (Å²) in [6.45, 7) is 5.84. The lowest BCUT2D eigenvalue weighted by Gasteiger charge is -2.33. The Labute approximate surface area is 108 Å². The van der Waals surface area contributed by atoms with Crippen molar-refractivity contribution in [3.05, 3.63) is 0 Å². The summed E-state index contributed by atoms with van der Waals surface area (Å²) in [4.78, 5) is 25.7. The maximum absolute atomic E-state index is 12.2. The second-order valence-electron chi connectivity index (χ2n) is 4.71. The van der Waals surface area contributed by atoms with Crippen LogP contribution in [0.2, 0.25) is 0 Å². The van der Waals surface area contributed by atoms with E-state index in [1.165, 1.54) is 4.90 Å². The third-order valence-corrected chi connectivity index (χ3v) is 2.89. The minimum absolute atomic E-state index is 0.000335. The maximum Gasteiger partial charge on any atom is 0.320 e. The molecule has 0 fully saturated rings. The molecule has 0 aromatic carbocycles. The molecule has 6 heteroatoms. The summed E-state index contributed by atoms with van der Waals surface area (Å²) < 4.78 is 0. The van der Waals surface area contributed by atoms with Gasteiger partial charge in [-0.1, -0.05) is 0 Å². The molecular formula is C12H24N2O4. The van der Waals surface area contributed by atoms with Crippen molar-refractivity contribution in [2.45, 2.75) is 45.7 Å². The molecule has 1 atom stereocenters. The highest BCUT2D eigenvalue weighted by molar-refractivity contribution is 5.75. The van der Waals surface area contributed by atoms with Crippen LogP contribution in [-0.4, -0.2) is 64.3 Å². The SMILES string of the molecule is CC(CO)N(C)C(=O)N(CCCC(=O)O)C(C)C.